The van der Waals surface area contributed by atoms with Crippen molar-refractivity contribution in [3.63, 3.8) is 0 Å². The molecule has 0 radical (unpaired) electrons. The Morgan fingerprint density at radius 1 is 1.41 bits per heavy atom. The number of benzene rings is 1. The first-order valence-electron chi connectivity index (χ1n) is 5.91. The molecule has 1 N–H and O–H groups in total. The minimum Gasteiger partial charge on any atom is -0.311 e. The summed E-state index contributed by atoms with van der Waals surface area (Å²) in [5, 5.41) is 3.30. The Hall–Kier alpha value is -1.22. The minimum atomic E-state index is -0.417. The lowest BCUT2D eigenvalue weighted by Crippen LogP contribution is -2.27. The molecule has 1 nitrogen and oxygen atoms in total. The van der Waals surface area contributed by atoms with Gasteiger partial charge in [-0.15, -0.1) is 0 Å². The maximum atomic E-state index is 13.4. The predicted molar refractivity (Wildman–Crippen MR) is 67.8 cm³/mol. The molecule has 0 heterocycles. The van der Waals surface area contributed by atoms with E-state index in [0.29, 0.717) is 5.56 Å². The molecule has 94 valence electrons. The lowest BCUT2D eigenvalue weighted by Gasteiger charge is -2.14. The van der Waals surface area contributed by atoms with E-state index in [9.17, 15) is 8.78 Å². The third-order valence-corrected chi connectivity index (χ3v) is 2.72. The van der Waals surface area contributed by atoms with Crippen LogP contribution >= 0.6 is 0 Å². The highest BCUT2D eigenvalue weighted by molar-refractivity contribution is 5.54. The Balaban J connectivity index is 2.82. The lowest BCUT2D eigenvalue weighted by molar-refractivity contribution is 0.594. The van der Waals surface area contributed by atoms with Crippen molar-refractivity contribution in [3.8, 4) is 0 Å². The number of hydrogen-bond acceptors (Lipinski definition) is 1. The first-order valence-corrected chi connectivity index (χ1v) is 5.91. The Morgan fingerprint density at radius 3 is 2.76 bits per heavy atom. The van der Waals surface area contributed by atoms with E-state index >= 15 is 0 Å². The summed E-state index contributed by atoms with van der Waals surface area (Å²) in [6.45, 7) is 6.93. The standard InChI is InChI=1S/C14H19F2N/c1-4-7-17-11(3)10(2)8-12-9-13(15)5-6-14(12)16/h5-6,8-9,11,17H,4,7H2,1-3H3/b10-8+. The molecule has 0 aliphatic rings. The molecular weight excluding hydrogens is 220 g/mol. The second-order valence-electron chi connectivity index (χ2n) is 4.23. The van der Waals surface area contributed by atoms with Gasteiger partial charge in [0.1, 0.15) is 11.6 Å². The average molecular weight is 239 g/mol. The van der Waals surface area contributed by atoms with Crippen LogP contribution in [0.1, 0.15) is 32.8 Å². The fourth-order valence-corrected chi connectivity index (χ4v) is 1.52. The van der Waals surface area contributed by atoms with Crippen LogP contribution in [0.2, 0.25) is 0 Å². The van der Waals surface area contributed by atoms with Gasteiger partial charge in [-0.1, -0.05) is 18.6 Å². The minimum absolute atomic E-state index is 0.164. The summed E-state index contributed by atoms with van der Waals surface area (Å²) in [5.74, 6) is -0.812. The van der Waals surface area contributed by atoms with Crippen molar-refractivity contribution < 1.29 is 8.78 Å². The van der Waals surface area contributed by atoms with E-state index in [0.717, 1.165) is 30.7 Å². The smallest absolute Gasteiger partial charge is 0.130 e. The van der Waals surface area contributed by atoms with Gasteiger partial charge < -0.3 is 5.32 Å². The molecule has 1 aromatic rings. The van der Waals surface area contributed by atoms with Crippen LogP contribution in [-0.4, -0.2) is 12.6 Å². The van der Waals surface area contributed by atoms with Crippen molar-refractivity contribution in [2.75, 3.05) is 6.54 Å². The number of nitrogens with one attached hydrogen (secondary N) is 1. The molecule has 1 aromatic carbocycles. The number of hydrogen-bond donors (Lipinski definition) is 1. The molecule has 0 bridgehead atoms. The van der Waals surface area contributed by atoms with Crippen LogP contribution < -0.4 is 5.32 Å². The van der Waals surface area contributed by atoms with E-state index in [1.54, 1.807) is 6.08 Å². The molecule has 1 unspecified atom stereocenters. The summed E-state index contributed by atoms with van der Waals surface area (Å²) in [6, 6.07) is 3.66. The fraction of sp³-hybridized carbons (Fsp3) is 0.429. The van der Waals surface area contributed by atoms with Gasteiger partial charge in [0.25, 0.3) is 0 Å². The molecule has 0 spiro atoms. The first kappa shape index (κ1) is 13.8. The van der Waals surface area contributed by atoms with Gasteiger partial charge in [0.2, 0.25) is 0 Å². The Labute approximate surface area is 102 Å². The molecule has 1 rings (SSSR count). The maximum Gasteiger partial charge on any atom is 0.130 e. The van der Waals surface area contributed by atoms with Crippen LogP contribution in [0.5, 0.6) is 0 Å². The Morgan fingerprint density at radius 2 is 2.12 bits per heavy atom. The number of rotatable bonds is 5. The summed E-state index contributed by atoms with van der Waals surface area (Å²) in [7, 11) is 0. The van der Waals surface area contributed by atoms with E-state index in [1.807, 2.05) is 13.8 Å². The normalized spacial score (nSPS) is 13.8. The lowest BCUT2D eigenvalue weighted by atomic mass is 10.1. The van der Waals surface area contributed by atoms with Gasteiger partial charge in [-0.2, -0.15) is 0 Å². The first-order chi connectivity index (χ1) is 8.04. The van der Waals surface area contributed by atoms with E-state index in [2.05, 4.69) is 12.2 Å². The molecule has 0 aliphatic heterocycles. The monoisotopic (exact) mass is 239 g/mol. The van der Waals surface area contributed by atoms with Crippen LogP contribution in [0, 0.1) is 11.6 Å². The fourth-order valence-electron chi connectivity index (χ4n) is 1.52. The van der Waals surface area contributed by atoms with E-state index < -0.39 is 11.6 Å². The largest absolute Gasteiger partial charge is 0.311 e. The van der Waals surface area contributed by atoms with Gasteiger partial charge in [-0.3, -0.25) is 0 Å². The zero-order valence-corrected chi connectivity index (χ0v) is 10.6. The second kappa shape index (κ2) is 6.50. The van der Waals surface area contributed by atoms with Crippen molar-refractivity contribution >= 4 is 6.08 Å². The van der Waals surface area contributed by atoms with Crippen LogP contribution in [0.4, 0.5) is 8.78 Å². The summed E-state index contributed by atoms with van der Waals surface area (Å²) >= 11 is 0. The second-order valence-corrected chi connectivity index (χ2v) is 4.23. The average Bonchev–Trinajstić information content (AvgIpc) is 2.30. The summed E-state index contributed by atoms with van der Waals surface area (Å²) in [5.41, 5.74) is 1.29. The zero-order valence-electron chi connectivity index (χ0n) is 10.6. The van der Waals surface area contributed by atoms with E-state index in [4.69, 9.17) is 0 Å². The summed E-state index contributed by atoms with van der Waals surface area (Å²) < 4.78 is 26.4. The molecule has 1 atom stereocenters. The van der Waals surface area contributed by atoms with Crippen molar-refractivity contribution in [2.24, 2.45) is 0 Å². The predicted octanol–water partition coefficient (Wildman–Crippen LogP) is 3.76. The Kier molecular flexibility index (Phi) is 5.29. The van der Waals surface area contributed by atoms with Crippen molar-refractivity contribution in [1.82, 2.24) is 5.32 Å². The molecule has 0 aliphatic carbocycles. The quantitative estimate of drug-likeness (QED) is 0.825. The van der Waals surface area contributed by atoms with Gasteiger partial charge >= 0.3 is 0 Å². The summed E-state index contributed by atoms with van der Waals surface area (Å²) in [4.78, 5) is 0. The van der Waals surface area contributed by atoms with Crippen LogP contribution in [-0.2, 0) is 0 Å². The third-order valence-electron chi connectivity index (χ3n) is 2.72. The zero-order chi connectivity index (χ0) is 12.8. The van der Waals surface area contributed by atoms with Crippen LogP contribution in [0.25, 0.3) is 6.08 Å². The Bertz CT molecular complexity index is 399. The highest BCUT2D eigenvalue weighted by atomic mass is 19.1. The van der Waals surface area contributed by atoms with Crippen LogP contribution in [0.3, 0.4) is 0 Å². The SMILES string of the molecule is CCCNC(C)/C(C)=C/c1cc(F)ccc1F. The molecule has 0 saturated carbocycles. The molecule has 17 heavy (non-hydrogen) atoms. The van der Waals surface area contributed by atoms with Gasteiger partial charge in [0.15, 0.2) is 0 Å². The number of halogens is 2. The van der Waals surface area contributed by atoms with Gasteiger partial charge in [0, 0.05) is 11.6 Å². The van der Waals surface area contributed by atoms with Gasteiger partial charge in [0.05, 0.1) is 0 Å². The van der Waals surface area contributed by atoms with Gasteiger partial charge in [-0.05, 0) is 45.0 Å². The molecular formula is C14H19F2N. The maximum absolute atomic E-state index is 13.4. The molecule has 3 heteroatoms. The highest BCUT2D eigenvalue weighted by Gasteiger charge is 2.05. The van der Waals surface area contributed by atoms with Crippen molar-refractivity contribution in [3.05, 3.63) is 41.0 Å². The molecule has 0 fully saturated rings. The van der Waals surface area contributed by atoms with E-state index in [-0.39, 0.29) is 6.04 Å². The molecule has 0 amide bonds. The van der Waals surface area contributed by atoms with Crippen LogP contribution in [0.15, 0.2) is 23.8 Å². The molecule has 0 saturated heterocycles. The topological polar surface area (TPSA) is 12.0 Å². The highest BCUT2D eigenvalue weighted by Crippen LogP contribution is 2.15. The molecule has 0 aromatic heterocycles. The summed E-state index contributed by atoms with van der Waals surface area (Å²) in [6.07, 6.45) is 2.73. The van der Waals surface area contributed by atoms with Gasteiger partial charge in [-0.25, -0.2) is 8.78 Å². The van der Waals surface area contributed by atoms with E-state index in [1.165, 1.54) is 6.07 Å². The van der Waals surface area contributed by atoms with Crippen molar-refractivity contribution in [2.45, 2.75) is 33.2 Å². The van der Waals surface area contributed by atoms with Crippen molar-refractivity contribution in [1.29, 1.82) is 0 Å². The third kappa shape index (κ3) is 4.27.